The van der Waals surface area contributed by atoms with Gasteiger partial charge in [0.1, 0.15) is 10.8 Å². The topological polar surface area (TPSA) is 51.8 Å². The molecule has 2 heterocycles. The number of halogens is 2. The van der Waals surface area contributed by atoms with Gasteiger partial charge in [0.15, 0.2) is 0 Å². The summed E-state index contributed by atoms with van der Waals surface area (Å²) in [4.78, 5) is 12.2. The fourth-order valence-electron chi connectivity index (χ4n) is 0.972. The number of nitrogens with zero attached hydrogens (tertiary/aromatic N) is 3. The first-order valence-electron chi connectivity index (χ1n) is 4.36. The molecule has 0 amide bonds. The van der Waals surface area contributed by atoms with Crippen molar-refractivity contribution in [3.63, 3.8) is 0 Å². The molecule has 0 aliphatic carbocycles. The Bertz CT molecular complexity index is 512. The van der Waals surface area contributed by atoms with E-state index in [1.54, 1.807) is 6.20 Å². The second kappa shape index (κ2) is 4.73. The molecule has 0 unspecified atom stereocenters. The molecule has 0 spiro atoms. The highest BCUT2D eigenvalue weighted by molar-refractivity contribution is 9.10. The van der Waals surface area contributed by atoms with E-state index >= 15 is 0 Å². The summed E-state index contributed by atoms with van der Waals surface area (Å²) >= 11 is 10.4. The minimum atomic E-state index is 0.200. The van der Waals surface area contributed by atoms with Crippen LogP contribution in [0.15, 0.2) is 25.3 Å². The predicted molar refractivity (Wildman–Crippen MR) is 64.8 cm³/mol. The van der Waals surface area contributed by atoms with Crippen LogP contribution in [-0.4, -0.2) is 15.0 Å². The Balaban J connectivity index is 2.29. The smallest absolute Gasteiger partial charge is 0.262 e. The van der Waals surface area contributed by atoms with Crippen molar-refractivity contribution in [1.82, 2.24) is 15.0 Å². The fourth-order valence-corrected chi connectivity index (χ4v) is 2.39. The summed E-state index contributed by atoms with van der Waals surface area (Å²) < 4.78 is 6.20. The van der Waals surface area contributed by atoms with Crippen molar-refractivity contribution in [3.8, 4) is 0 Å². The first-order chi connectivity index (χ1) is 7.56. The molecule has 7 heteroatoms. The van der Waals surface area contributed by atoms with E-state index in [4.69, 9.17) is 16.0 Å². The average Bonchev–Trinajstić information content (AvgIpc) is 2.52. The van der Waals surface area contributed by atoms with Crippen LogP contribution in [0.5, 0.6) is 0 Å². The highest BCUT2D eigenvalue weighted by Gasteiger charge is 2.11. The molecule has 2 aromatic rings. The standard InChI is InChI=1S/C9H7BrClN3OS/c1-4-5(2)15-9(13-4)16-7-6(10)3-12-8(11)14-7/h3H,1-2H3. The number of aryl methyl sites for hydroxylation is 2. The molecule has 0 radical (unpaired) electrons. The maximum atomic E-state index is 5.71. The largest absolute Gasteiger partial charge is 0.436 e. The normalized spacial score (nSPS) is 10.8. The van der Waals surface area contributed by atoms with Gasteiger partial charge in [0.2, 0.25) is 5.28 Å². The maximum absolute atomic E-state index is 5.71. The minimum absolute atomic E-state index is 0.200. The van der Waals surface area contributed by atoms with Crippen molar-refractivity contribution in [2.45, 2.75) is 24.1 Å². The van der Waals surface area contributed by atoms with Gasteiger partial charge >= 0.3 is 0 Å². The van der Waals surface area contributed by atoms with Crippen LogP contribution in [0, 0.1) is 13.8 Å². The zero-order valence-corrected chi connectivity index (χ0v) is 11.6. The lowest BCUT2D eigenvalue weighted by atomic mass is 10.4. The van der Waals surface area contributed by atoms with Crippen LogP contribution < -0.4 is 0 Å². The van der Waals surface area contributed by atoms with Gasteiger partial charge in [0.25, 0.3) is 5.22 Å². The highest BCUT2D eigenvalue weighted by Crippen LogP contribution is 2.32. The quantitative estimate of drug-likeness (QED) is 0.624. The van der Waals surface area contributed by atoms with E-state index in [1.165, 1.54) is 11.8 Å². The van der Waals surface area contributed by atoms with Crippen molar-refractivity contribution in [2.24, 2.45) is 0 Å². The van der Waals surface area contributed by atoms with Gasteiger partial charge in [-0.1, -0.05) is 0 Å². The Hall–Kier alpha value is -0.590. The Kier molecular flexibility index (Phi) is 3.51. The van der Waals surface area contributed by atoms with Crippen LogP contribution in [0.1, 0.15) is 11.5 Å². The van der Waals surface area contributed by atoms with Gasteiger partial charge in [0.05, 0.1) is 10.2 Å². The Morgan fingerprint density at radius 1 is 1.38 bits per heavy atom. The first kappa shape index (κ1) is 11.9. The third-order valence-electron chi connectivity index (χ3n) is 1.88. The SMILES string of the molecule is Cc1nc(Sc2nc(Cl)ncc2Br)oc1C. The number of oxazole rings is 1. The Morgan fingerprint density at radius 2 is 2.12 bits per heavy atom. The zero-order chi connectivity index (χ0) is 11.7. The molecular formula is C9H7BrClN3OS. The van der Waals surface area contributed by atoms with Crippen LogP contribution in [0.4, 0.5) is 0 Å². The Morgan fingerprint density at radius 3 is 2.75 bits per heavy atom. The monoisotopic (exact) mass is 319 g/mol. The van der Waals surface area contributed by atoms with Gasteiger partial charge in [0, 0.05) is 6.20 Å². The van der Waals surface area contributed by atoms with Gasteiger partial charge in [-0.2, -0.15) is 0 Å². The summed E-state index contributed by atoms with van der Waals surface area (Å²) in [7, 11) is 0. The van der Waals surface area contributed by atoms with Crippen molar-refractivity contribution in [2.75, 3.05) is 0 Å². The molecule has 0 aliphatic rings. The molecular weight excluding hydrogens is 314 g/mol. The van der Waals surface area contributed by atoms with Crippen LogP contribution in [0.25, 0.3) is 0 Å². The molecule has 0 bridgehead atoms. The van der Waals surface area contributed by atoms with Gasteiger partial charge < -0.3 is 4.42 Å². The number of aromatic nitrogens is 3. The molecule has 0 aromatic carbocycles. The summed E-state index contributed by atoms with van der Waals surface area (Å²) in [5.74, 6) is 0.804. The van der Waals surface area contributed by atoms with E-state index in [0.29, 0.717) is 10.2 Å². The lowest BCUT2D eigenvalue weighted by molar-refractivity contribution is 0.431. The van der Waals surface area contributed by atoms with Crippen molar-refractivity contribution in [1.29, 1.82) is 0 Å². The van der Waals surface area contributed by atoms with Gasteiger partial charge in [-0.3, -0.25) is 0 Å². The lowest BCUT2D eigenvalue weighted by Gasteiger charge is -1.99. The summed E-state index contributed by atoms with van der Waals surface area (Å²) in [5.41, 5.74) is 0.874. The van der Waals surface area contributed by atoms with Crippen LogP contribution in [-0.2, 0) is 0 Å². The summed E-state index contributed by atoms with van der Waals surface area (Å²) in [6, 6.07) is 0. The molecule has 84 valence electrons. The van der Waals surface area contributed by atoms with Gasteiger partial charge in [-0.15, -0.1) is 0 Å². The average molecular weight is 321 g/mol. The molecule has 0 saturated heterocycles. The van der Waals surface area contributed by atoms with Crippen LogP contribution >= 0.6 is 39.3 Å². The van der Waals surface area contributed by atoms with Crippen molar-refractivity contribution in [3.05, 3.63) is 27.4 Å². The number of rotatable bonds is 2. The molecule has 2 aromatic heterocycles. The van der Waals surface area contributed by atoms with E-state index in [9.17, 15) is 0 Å². The number of hydrogen-bond donors (Lipinski definition) is 0. The summed E-state index contributed by atoms with van der Waals surface area (Å²) in [6.45, 7) is 3.76. The molecule has 4 nitrogen and oxygen atoms in total. The fraction of sp³-hybridized carbons (Fsp3) is 0.222. The Labute approximate surface area is 110 Å². The minimum Gasteiger partial charge on any atom is -0.436 e. The van der Waals surface area contributed by atoms with E-state index in [2.05, 4.69) is 30.9 Å². The van der Waals surface area contributed by atoms with Crippen molar-refractivity contribution < 1.29 is 4.42 Å². The van der Waals surface area contributed by atoms with E-state index in [1.807, 2.05) is 13.8 Å². The van der Waals surface area contributed by atoms with E-state index in [0.717, 1.165) is 15.9 Å². The third-order valence-corrected chi connectivity index (χ3v) is 3.75. The summed E-state index contributed by atoms with van der Waals surface area (Å²) in [6.07, 6.45) is 1.60. The lowest BCUT2D eigenvalue weighted by Crippen LogP contribution is -1.86. The highest BCUT2D eigenvalue weighted by atomic mass is 79.9. The van der Waals surface area contributed by atoms with Crippen LogP contribution in [0.3, 0.4) is 0 Å². The molecule has 16 heavy (non-hydrogen) atoms. The molecule has 0 aliphatic heterocycles. The summed E-state index contributed by atoms with van der Waals surface area (Å²) in [5, 5.41) is 1.43. The molecule has 0 atom stereocenters. The second-order valence-corrected chi connectivity index (χ2v) is 5.15. The van der Waals surface area contributed by atoms with Gasteiger partial charge in [-0.05, 0) is 53.1 Å². The zero-order valence-electron chi connectivity index (χ0n) is 8.49. The molecule has 0 fully saturated rings. The van der Waals surface area contributed by atoms with E-state index in [-0.39, 0.29) is 5.28 Å². The second-order valence-electron chi connectivity index (χ2n) is 3.02. The molecule has 2 rings (SSSR count). The number of hydrogen-bond acceptors (Lipinski definition) is 5. The third kappa shape index (κ3) is 2.56. The first-order valence-corrected chi connectivity index (χ1v) is 6.35. The van der Waals surface area contributed by atoms with E-state index < -0.39 is 0 Å². The van der Waals surface area contributed by atoms with Gasteiger partial charge in [-0.25, -0.2) is 15.0 Å². The molecule has 0 saturated carbocycles. The van der Waals surface area contributed by atoms with Crippen molar-refractivity contribution >= 4 is 39.3 Å². The molecule has 0 N–H and O–H groups in total. The maximum Gasteiger partial charge on any atom is 0.262 e. The predicted octanol–water partition coefficient (Wildman–Crippen LogP) is 3.65. The van der Waals surface area contributed by atoms with Crippen LogP contribution in [0.2, 0.25) is 5.28 Å².